The van der Waals surface area contributed by atoms with Crippen LogP contribution in [0.5, 0.6) is 0 Å². The van der Waals surface area contributed by atoms with Gasteiger partial charge in [-0.2, -0.15) is 0 Å². The molecule has 4 nitrogen and oxygen atoms in total. The molecule has 1 aliphatic rings. The van der Waals surface area contributed by atoms with Crippen LogP contribution >= 0.6 is 0 Å². The molecule has 0 atom stereocenters. The minimum atomic E-state index is 0.0692. The number of pyridine rings is 1. The standard InChI is InChI=1S/C11H17N3O/c1-13-4-5-14(9-13)7-11-3-2-10(8-15)6-12-11/h2-3,6,15H,4-5,7-9H2,1H3. The molecule has 0 saturated carbocycles. The van der Waals surface area contributed by atoms with E-state index in [0.717, 1.165) is 37.6 Å². The lowest BCUT2D eigenvalue weighted by Crippen LogP contribution is -2.23. The third-order valence-corrected chi connectivity index (χ3v) is 2.69. The maximum Gasteiger partial charge on any atom is 0.0696 e. The zero-order valence-electron chi connectivity index (χ0n) is 9.06. The van der Waals surface area contributed by atoms with E-state index in [2.05, 4.69) is 21.8 Å². The van der Waals surface area contributed by atoms with Crippen molar-refractivity contribution in [1.82, 2.24) is 14.8 Å². The summed E-state index contributed by atoms with van der Waals surface area (Å²) in [4.78, 5) is 8.97. The Kier molecular flexibility index (Phi) is 3.30. The first kappa shape index (κ1) is 10.5. The summed E-state index contributed by atoms with van der Waals surface area (Å²) in [5.41, 5.74) is 1.94. The quantitative estimate of drug-likeness (QED) is 0.772. The Bertz CT molecular complexity index is 312. The molecule has 4 heteroatoms. The van der Waals surface area contributed by atoms with Crippen molar-refractivity contribution in [2.75, 3.05) is 26.8 Å². The van der Waals surface area contributed by atoms with Gasteiger partial charge >= 0.3 is 0 Å². The van der Waals surface area contributed by atoms with Gasteiger partial charge in [0.2, 0.25) is 0 Å². The van der Waals surface area contributed by atoms with Crippen LogP contribution in [-0.4, -0.2) is 46.7 Å². The molecule has 15 heavy (non-hydrogen) atoms. The number of hydrogen-bond acceptors (Lipinski definition) is 4. The summed E-state index contributed by atoms with van der Waals surface area (Å²) in [6.45, 7) is 4.23. The summed E-state index contributed by atoms with van der Waals surface area (Å²) in [5, 5.41) is 8.89. The highest BCUT2D eigenvalue weighted by Gasteiger charge is 2.16. The van der Waals surface area contributed by atoms with Gasteiger partial charge in [0.1, 0.15) is 0 Å². The zero-order valence-corrected chi connectivity index (χ0v) is 9.06. The molecule has 0 spiro atoms. The monoisotopic (exact) mass is 207 g/mol. The van der Waals surface area contributed by atoms with Gasteiger partial charge in [0.05, 0.1) is 19.0 Å². The maximum absolute atomic E-state index is 8.89. The molecule has 0 unspecified atom stereocenters. The van der Waals surface area contributed by atoms with E-state index in [0.29, 0.717) is 0 Å². The molecule has 1 aliphatic heterocycles. The number of nitrogens with zero attached hydrogens (tertiary/aromatic N) is 3. The fraction of sp³-hybridized carbons (Fsp3) is 0.545. The van der Waals surface area contributed by atoms with Gasteiger partial charge in [-0.05, 0) is 18.7 Å². The van der Waals surface area contributed by atoms with Crippen LogP contribution in [0, 0.1) is 0 Å². The zero-order chi connectivity index (χ0) is 10.7. The van der Waals surface area contributed by atoms with E-state index in [9.17, 15) is 0 Å². The lowest BCUT2D eigenvalue weighted by atomic mass is 10.2. The number of hydrogen-bond donors (Lipinski definition) is 1. The van der Waals surface area contributed by atoms with Crippen molar-refractivity contribution in [1.29, 1.82) is 0 Å². The SMILES string of the molecule is CN1CCN(Cc2ccc(CO)cn2)C1. The third kappa shape index (κ3) is 2.75. The van der Waals surface area contributed by atoms with E-state index < -0.39 is 0 Å². The van der Waals surface area contributed by atoms with Crippen LogP contribution in [0.3, 0.4) is 0 Å². The minimum Gasteiger partial charge on any atom is -0.392 e. The van der Waals surface area contributed by atoms with Gasteiger partial charge in [-0.1, -0.05) is 6.07 Å². The van der Waals surface area contributed by atoms with Crippen LogP contribution < -0.4 is 0 Å². The molecule has 0 aromatic carbocycles. The molecule has 82 valence electrons. The second-order valence-electron chi connectivity index (χ2n) is 4.09. The first-order valence-corrected chi connectivity index (χ1v) is 5.23. The Morgan fingerprint density at radius 1 is 1.40 bits per heavy atom. The Balaban J connectivity index is 1.93. The number of aliphatic hydroxyl groups is 1. The van der Waals surface area contributed by atoms with E-state index in [1.54, 1.807) is 6.20 Å². The summed E-state index contributed by atoms with van der Waals surface area (Å²) in [6, 6.07) is 3.92. The second kappa shape index (κ2) is 4.70. The summed E-state index contributed by atoms with van der Waals surface area (Å²) in [7, 11) is 2.13. The van der Waals surface area contributed by atoms with Crippen molar-refractivity contribution in [3.05, 3.63) is 29.6 Å². The topological polar surface area (TPSA) is 39.6 Å². The highest BCUT2D eigenvalue weighted by molar-refractivity contribution is 5.13. The first-order valence-electron chi connectivity index (χ1n) is 5.23. The van der Waals surface area contributed by atoms with Crippen molar-refractivity contribution < 1.29 is 5.11 Å². The van der Waals surface area contributed by atoms with Gasteiger partial charge in [-0.15, -0.1) is 0 Å². The average molecular weight is 207 g/mol. The Morgan fingerprint density at radius 2 is 2.27 bits per heavy atom. The van der Waals surface area contributed by atoms with Gasteiger partial charge in [0, 0.05) is 25.8 Å². The molecule has 1 fully saturated rings. The smallest absolute Gasteiger partial charge is 0.0696 e. The van der Waals surface area contributed by atoms with Crippen molar-refractivity contribution in [2.24, 2.45) is 0 Å². The third-order valence-electron chi connectivity index (χ3n) is 2.69. The Morgan fingerprint density at radius 3 is 2.80 bits per heavy atom. The van der Waals surface area contributed by atoms with Crippen LogP contribution in [0.1, 0.15) is 11.3 Å². The molecule has 1 saturated heterocycles. The van der Waals surface area contributed by atoms with E-state index in [1.165, 1.54) is 0 Å². The number of likely N-dealkylation sites (N-methyl/N-ethyl adjacent to an activating group) is 1. The highest BCUT2D eigenvalue weighted by Crippen LogP contribution is 2.08. The van der Waals surface area contributed by atoms with Gasteiger partial charge in [0.25, 0.3) is 0 Å². The van der Waals surface area contributed by atoms with Crippen LogP contribution in [-0.2, 0) is 13.2 Å². The van der Waals surface area contributed by atoms with Gasteiger partial charge in [-0.3, -0.25) is 14.8 Å². The van der Waals surface area contributed by atoms with E-state index in [-0.39, 0.29) is 6.61 Å². The summed E-state index contributed by atoms with van der Waals surface area (Å²) in [6.07, 6.45) is 1.75. The lowest BCUT2D eigenvalue weighted by Gasteiger charge is -2.14. The molecule has 0 radical (unpaired) electrons. The van der Waals surface area contributed by atoms with Gasteiger partial charge in [-0.25, -0.2) is 0 Å². The highest BCUT2D eigenvalue weighted by atomic mass is 16.3. The molecule has 0 bridgehead atoms. The minimum absolute atomic E-state index is 0.0692. The van der Waals surface area contributed by atoms with Crippen LogP contribution in [0.2, 0.25) is 0 Å². The molecule has 1 aromatic heterocycles. The lowest BCUT2D eigenvalue weighted by molar-refractivity contribution is 0.265. The average Bonchev–Trinajstić information content (AvgIpc) is 2.65. The number of rotatable bonds is 3. The van der Waals surface area contributed by atoms with Crippen molar-refractivity contribution in [3.8, 4) is 0 Å². The largest absolute Gasteiger partial charge is 0.392 e. The summed E-state index contributed by atoms with van der Waals surface area (Å²) >= 11 is 0. The predicted octanol–water partition coefficient (Wildman–Crippen LogP) is 0.279. The molecule has 0 aliphatic carbocycles. The number of aliphatic hydroxyl groups excluding tert-OH is 1. The fourth-order valence-corrected chi connectivity index (χ4v) is 1.80. The molecular formula is C11H17N3O. The van der Waals surface area contributed by atoms with Gasteiger partial charge in [0.15, 0.2) is 0 Å². The predicted molar refractivity (Wildman–Crippen MR) is 58.1 cm³/mol. The van der Waals surface area contributed by atoms with Crippen molar-refractivity contribution >= 4 is 0 Å². The van der Waals surface area contributed by atoms with E-state index in [1.807, 2.05) is 12.1 Å². The molecule has 1 N–H and O–H groups in total. The molecule has 0 amide bonds. The van der Waals surface area contributed by atoms with Crippen molar-refractivity contribution in [2.45, 2.75) is 13.2 Å². The van der Waals surface area contributed by atoms with E-state index >= 15 is 0 Å². The summed E-state index contributed by atoms with van der Waals surface area (Å²) in [5.74, 6) is 0. The fourth-order valence-electron chi connectivity index (χ4n) is 1.80. The van der Waals surface area contributed by atoms with Crippen LogP contribution in [0.4, 0.5) is 0 Å². The molecule has 1 aromatic rings. The second-order valence-corrected chi connectivity index (χ2v) is 4.09. The van der Waals surface area contributed by atoms with Gasteiger partial charge < -0.3 is 5.11 Å². The van der Waals surface area contributed by atoms with E-state index in [4.69, 9.17) is 5.11 Å². The Labute approximate surface area is 90.1 Å². The maximum atomic E-state index is 8.89. The normalized spacial score (nSPS) is 18.5. The molecule has 2 rings (SSSR count). The van der Waals surface area contributed by atoms with Crippen LogP contribution in [0.25, 0.3) is 0 Å². The molecular weight excluding hydrogens is 190 g/mol. The summed E-state index contributed by atoms with van der Waals surface area (Å²) < 4.78 is 0. The Hall–Kier alpha value is -0.970. The number of aromatic nitrogens is 1. The van der Waals surface area contributed by atoms with Crippen molar-refractivity contribution in [3.63, 3.8) is 0 Å². The first-order chi connectivity index (χ1) is 7.28. The molecule has 2 heterocycles. The van der Waals surface area contributed by atoms with Crippen LogP contribution in [0.15, 0.2) is 18.3 Å².